The van der Waals surface area contributed by atoms with E-state index in [1.54, 1.807) is 12.1 Å². The van der Waals surface area contributed by atoms with Gasteiger partial charge in [-0.25, -0.2) is 0 Å². The number of carbonyl (C=O) groups excluding carboxylic acids is 2. The van der Waals surface area contributed by atoms with Crippen LogP contribution in [0.2, 0.25) is 0 Å². The molecule has 2 fully saturated rings. The van der Waals surface area contributed by atoms with Crippen LogP contribution in [0.4, 0.5) is 16.2 Å². The second-order valence-electron chi connectivity index (χ2n) is 8.47. The van der Waals surface area contributed by atoms with Crippen LogP contribution >= 0.6 is 11.8 Å². The van der Waals surface area contributed by atoms with E-state index in [9.17, 15) is 19.7 Å². The van der Waals surface area contributed by atoms with Crippen molar-refractivity contribution >= 4 is 40.4 Å². The third-order valence-electron chi connectivity index (χ3n) is 6.19. The number of imide groups is 1. The molecule has 174 valence electrons. The summed E-state index contributed by atoms with van der Waals surface area (Å²) in [5.74, 6) is -0.266. The third kappa shape index (κ3) is 4.42. The first kappa shape index (κ1) is 23.1. The van der Waals surface area contributed by atoms with Gasteiger partial charge in [0.1, 0.15) is 5.69 Å². The number of aryl methyl sites for hydroxylation is 1. The molecule has 0 spiro atoms. The average Bonchev–Trinajstić information content (AvgIpc) is 3.23. The van der Waals surface area contributed by atoms with Crippen LogP contribution in [0.15, 0.2) is 29.2 Å². The molecule has 2 saturated heterocycles. The molecule has 33 heavy (non-hydrogen) atoms. The quantitative estimate of drug-likeness (QED) is 0.319. The van der Waals surface area contributed by atoms with Crippen LogP contribution in [-0.2, 0) is 4.79 Å². The smallest absolute Gasteiger partial charge is 0.294 e. The Bertz CT molecular complexity index is 1150. The number of hydrogen-bond donors (Lipinski definition) is 0. The lowest BCUT2D eigenvalue weighted by Crippen LogP contribution is -2.30. The predicted octanol–water partition coefficient (Wildman–Crippen LogP) is 5.44. The number of nitro benzene ring substituents is 1. The summed E-state index contributed by atoms with van der Waals surface area (Å²) in [5.41, 5.74) is 4.04. The molecule has 9 heteroatoms. The van der Waals surface area contributed by atoms with Crippen molar-refractivity contribution in [3.05, 3.63) is 56.2 Å². The van der Waals surface area contributed by atoms with E-state index in [0.717, 1.165) is 61.1 Å². The predicted molar refractivity (Wildman–Crippen MR) is 131 cm³/mol. The van der Waals surface area contributed by atoms with Crippen LogP contribution in [0.1, 0.15) is 49.6 Å². The number of aromatic nitrogens is 1. The molecule has 1 aromatic heterocycles. The Hall–Kier alpha value is -3.07. The van der Waals surface area contributed by atoms with Crippen LogP contribution in [0.5, 0.6) is 0 Å². The normalized spacial score (nSPS) is 18.0. The largest absolute Gasteiger partial charge is 0.366 e. The molecule has 0 N–H and O–H groups in total. The van der Waals surface area contributed by atoms with Crippen molar-refractivity contribution in [2.24, 2.45) is 0 Å². The zero-order valence-electron chi connectivity index (χ0n) is 19.2. The summed E-state index contributed by atoms with van der Waals surface area (Å²) in [5, 5.41) is 11.6. The number of nitrogens with zero attached hydrogens (tertiary/aromatic N) is 4. The summed E-state index contributed by atoms with van der Waals surface area (Å²) >= 11 is 0.955. The van der Waals surface area contributed by atoms with Crippen LogP contribution in [0.25, 0.3) is 11.8 Å². The fourth-order valence-corrected chi connectivity index (χ4v) is 5.44. The number of carbonyl (C=O) groups is 2. The van der Waals surface area contributed by atoms with Gasteiger partial charge in [0.2, 0.25) is 0 Å². The maximum absolute atomic E-state index is 12.6. The first-order valence-corrected chi connectivity index (χ1v) is 12.1. The lowest BCUT2D eigenvalue weighted by Gasteiger charge is -2.28. The summed E-state index contributed by atoms with van der Waals surface area (Å²) in [6.45, 7) is 7.85. The summed E-state index contributed by atoms with van der Waals surface area (Å²) < 4.78 is 1.95. The highest BCUT2D eigenvalue weighted by Gasteiger charge is 2.34. The number of piperidine rings is 1. The Morgan fingerprint density at radius 2 is 1.85 bits per heavy atom. The van der Waals surface area contributed by atoms with Gasteiger partial charge in [-0.3, -0.25) is 24.6 Å². The third-order valence-corrected chi connectivity index (χ3v) is 7.10. The Balaban J connectivity index is 1.70. The van der Waals surface area contributed by atoms with Gasteiger partial charge in [0.25, 0.3) is 16.8 Å². The molecule has 2 aliphatic heterocycles. The molecular formula is C24H28N4O4S. The molecule has 1 aromatic carbocycles. The van der Waals surface area contributed by atoms with E-state index in [4.69, 9.17) is 0 Å². The monoisotopic (exact) mass is 468 g/mol. The van der Waals surface area contributed by atoms with Gasteiger partial charge in [0.05, 0.1) is 15.5 Å². The van der Waals surface area contributed by atoms with Gasteiger partial charge in [0.15, 0.2) is 0 Å². The molecule has 2 aliphatic rings. The number of hydrogen-bond acceptors (Lipinski definition) is 6. The van der Waals surface area contributed by atoms with Crippen molar-refractivity contribution in [2.45, 2.75) is 46.5 Å². The second-order valence-corrected chi connectivity index (χ2v) is 9.47. The van der Waals surface area contributed by atoms with Gasteiger partial charge >= 0.3 is 0 Å². The molecule has 8 nitrogen and oxygen atoms in total. The zero-order valence-corrected chi connectivity index (χ0v) is 20.0. The van der Waals surface area contributed by atoms with Gasteiger partial charge in [-0.15, -0.1) is 0 Å². The average molecular weight is 469 g/mol. The molecule has 0 aliphatic carbocycles. The minimum atomic E-state index is -0.313. The number of benzene rings is 1. The van der Waals surface area contributed by atoms with Crippen LogP contribution in [0.3, 0.4) is 0 Å². The van der Waals surface area contributed by atoms with Gasteiger partial charge in [-0.1, -0.05) is 6.92 Å². The van der Waals surface area contributed by atoms with E-state index >= 15 is 0 Å². The van der Waals surface area contributed by atoms with E-state index in [-0.39, 0.29) is 21.8 Å². The van der Waals surface area contributed by atoms with Crippen molar-refractivity contribution in [3.63, 3.8) is 0 Å². The van der Waals surface area contributed by atoms with Crippen LogP contribution in [-0.4, -0.2) is 45.2 Å². The Labute approximate surface area is 197 Å². The van der Waals surface area contributed by atoms with E-state index in [0.29, 0.717) is 29.2 Å². The number of thioether (sulfide) groups is 1. The summed E-state index contributed by atoms with van der Waals surface area (Å²) in [7, 11) is 0. The first-order valence-electron chi connectivity index (χ1n) is 11.3. The van der Waals surface area contributed by atoms with E-state index in [1.807, 2.05) is 43.5 Å². The number of anilines is 1. The van der Waals surface area contributed by atoms with Crippen molar-refractivity contribution in [1.29, 1.82) is 0 Å². The molecule has 0 atom stereocenters. The van der Waals surface area contributed by atoms with Gasteiger partial charge in [-0.2, -0.15) is 0 Å². The van der Waals surface area contributed by atoms with Gasteiger partial charge in [0, 0.05) is 37.1 Å². The van der Waals surface area contributed by atoms with Gasteiger partial charge < -0.3 is 9.47 Å². The fraction of sp³-hybridized carbons (Fsp3) is 0.417. The minimum Gasteiger partial charge on any atom is -0.366 e. The van der Waals surface area contributed by atoms with Crippen molar-refractivity contribution in [3.8, 4) is 5.69 Å². The molecule has 3 heterocycles. The maximum atomic E-state index is 12.6. The lowest BCUT2D eigenvalue weighted by molar-refractivity contribution is -0.384. The highest BCUT2D eigenvalue weighted by atomic mass is 32.2. The minimum absolute atomic E-state index is 0.101. The molecule has 0 bridgehead atoms. The van der Waals surface area contributed by atoms with E-state index in [1.165, 1.54) is 4.90 Å². The Kier molecular flexibility index (Phi) is 6.60. The SMILES string of the molecule is CCCN1C(=O)S/C(=C\c2cc(C)n(-c3ccc(N4CCCCC4)c([N+](=O)[O-])c3)c2C)C1=O. The molecular weight excluding hydrogens is 440 g/mol. The molecule has 4 rings (SSSR count). The van der Waals surface area contributed by atoms with Crippen LogP contribution < -0.4 is 4.90 Å². The van der Waals surface area contributed by atoms with E-state index in [2.05, 4.69) is 4.90 Å². The zero-order chi connectivity index (χ0) is 23.7. The first-order chi connectivity index (χ1) is 15.8. The van der Waals surface area contributed by atoms with Crippen molar-refractivity contribution in [1.82, 2.24) is 9.47 Å². The second kappa shape index (κ2) is 9.43. The molecule has 2 amide bonds. The summed E-state index contributed by atoms with van der Waals surface area (Å²) in [6.07, 6.45) is 5.70. The van der Waals surface area contributed by atoms with E-state index < -0.39 is 0 Å². The molecule has 2 aromatic rings. The summed E-state index contributed by atoms with van der Waals surface area (Å²) in [6, 6.07) is 7.32. The lowest BCUT2D eigenvalue weighted by atomic mass is 10.1. The fourth-order valence-electron chi connectivity index (χ4n) is 4.59. The molecule has 0 radical (unpaired) electrons. The van der Waals surface area contributed by atoms with Crippen LogP contribution in [0, 0.1) is 24.0 Å². The Morgan fingerprint density at radius 1 is 1.12 bits per heavy atom. The number of rotatable bonds is 6. The maximum Gasteiger partial charge on any atom is 0.294 e. The number of nitro groups is 1. The molecule has 0 unspecified atom stereocenters. The van der Waals surface area contributed by atoms with Crippen molar-refractivity contribution in [2.75, 3.05) is 24.5 Å². The standard InChI is InChI=1S/C24H28N4O4S/c1-4-10-26-23(29)22(33-24(26)30)14-18-13-16(2)27(17(18)3)19-8-9-20(21(15-19)28(31)32)25-11-6-5-7-12-25/h8-9,13-15H,4-7,10-12H2,1-3H3/b22-14-. The van der Waals surface area contributed by atoms with Crippen molar-refractivity contribution < 1.29 is 14.5 Å². The highest BCUT2D eigenvalue weighted by Crippen LogP contribution is 2.36. The van der Waals surface area contributed by atoms with Gasteiger partial charge in [-0.05, 0) is 81.1 Å². The topological polar surface area (TPSA) is 88.7 Å². The summed E-state index contributed by atoms with van der Waals surface area (Å²) in [4.78, 5) is 40.1. The Morgan fingerprint density at radius 3 is 2.52 bits per heavy atom. The number of amides is 2. The molecule has 0 saturated carbocycles. The highest BCUT2D eigenvalue weighted by molar-refractivity contribution is 8.18.